The first-order chi connectivity index (χ1) is 12.6. The van der Waals surface area contributed by atoms with E-state index < -0.39 is 11.8 Å². The zero-order valence-electron chi connectivity index (χ0n) is 14.3. The van der Waals surface area contributed by atoms with Gasteiger partial charge in [0.05, 0.1) is 30.7 Å². The maximum atomic E-state index is 12.1. The van der Waals surface area contributed by atoms with Crippen molar-refractivity contribution in [3.63, 3.8) is 0 Å². The third-order valence-corrected chi connectivity index (χ3v) is 3.81. The summed E-state index contributed by atoms with van der Waals surface area (Å²) in [5.74, 6) is -1.45. The van der Waals surface area contributed by atoms with E-state index in [4.69, 9.17) is 0 Å². The minimum absolute atomic E-state index is 0.341. The van der Waals surface area contributed by atoms with Crippen LogP contribution in [0.25, 0.3) is 0 Å². The number of amides is 2. The third kappa shape index (κ3) is 4.54. The fraction of sp³-hybridized carbons (Fsp3) is 0.158. The second-order valence-corrected chi connectivity index (χ2v) is 5.85. The van der Waals surface area contributed by atoms with E-state index in [0.29, 0.717) is 12.2 Å². The molecule has 2 N–H and O–H groups in total. The molecule has 0 aliphatic heterocycles. The summed E-state index contributed by atoms with van der Waals surface area (Å²) in [7, 11) is 0. The van der Waals surface area contributed by atoms with Gasteiger partial charge in [-0.25, -0.2) is 0 Å². The Morgan fingerprint density at radius 2 is 1.88 bits per heavy atom. The lowest BCUT2D eigenvalue weighted by Gasteiger charge is -2.12. The van der Waals surface area contributed by atoms with Crippen LogP contribution in [0.2, 0.25) is 0 Å². The average Bonchev–Trinajstić information content (AvgIpc) is 3.12. The lowest BCUT2D eigenvalue weighted by Crippen LogP contribution is -2.36. The first-order valence-electron chi connectivity index (χ1n) is 8.20. The molecule has 3 aromatic rings. The van der Waals surface area contributed by atoms with Crippen LogP contribution in [0, 0.1) is 0 Å². The number of carbonyl (C=O) groups is 2. The molecule has 0 fully saturated rings. The van der Waals surface area contributed by atoms with E-state index in [-0.39, 0.29) is 6.04 Å². The molecular formula is C19H19N5O2. The van der Waals surface area contributed by atoms with Crippen molar-refractivity contribution in [1.82, 2.24) is 20.1 Å². The van der Waals surface area contributed by atoms with Crippen LogP contribution < -0.4 is 10.6 Å². The Kier molecular flexibility index (Phi) is 5.38. The van der Waals surface area contributed by atoms with Crippen molar-refractivity contribution in [3.8, 4) is 0 Å². The lowest BCUT2D eigenvalue weighted by molar-refractivity contribution is -0.136. The molecule has 0 saturated carbocycles. The number of aromatic nitrogens is 3. The number of pyridine rings is 1. The Bertz CT molecular complexity index is 877. The van der Waals surface area contributed by atoms with Gasteiger partial charge >= 0.3 is 11.8 Å². The van der Waals surface area contributed by atoms with E-state index in [0.717, 1.165) is 11.1 Å². The van der Waals surface area contributed by atoms with E-state index in [9.17, 15) is 9.59 Å². The van der Waals surface area contributed by atoms with E-state index in [1.807, 2.05) is 36.5 Å². The molecular weight excluding hydrogens is 330 g/mol. The molecule has 0 aliphatic carbocycles. The number of nitrogens with one attached hydrogen (secondary N) is 2. The van der Waals surface area contributed by atoms with Gasteiger partial charge in [-0.15, -0.1) is 0 Å². The molecule has 1 atom stereocenters. The molecule has 26 heavy (non-hydrogen) atoms. The molecule has 2 heterocycles. The van der Waals surface area contributed by atoms with Crippen LogP contribution in [0.3, 0.4) is 0 Å². The van der Waals surface area contributed by atoms with Crippen LogP contribution in [-0.4, -0.2) is 26.6 Å². The van der Waals surface area contributed by atoms with Gasteiger partial charge in [-0.2, -0.15) is 5.10 Å². The van der Waals surface area contributed by atoms with Crippen molar-refractivity contribution in [1.29, 1.82) is 0 Å². The molecule has 0 saturated heterocycles. The normalized spacial score (nSPS) is 11.6. The number of benzene rings is 1. The van der Waals surface area contributed by atoms with Crippen LogP contribution >= 0.6 is 0 Å². The summed E-state index contributed by atoms with van der Waals surface area (Å²) in [5, 5.41) is 9.48. The van der Waals surface area contributed by atoms with Gasteiger partial charge in [0, 0.05) is 18.0 Å². The molecule has 2 aromatic heterocycles. The largest absolute Gasteiger partial charge is 0.341 e. The molecule has 7 heteroatoms. The Balaban J connectivity index is 1.56. The molecule has 1 aromatic carbocycles. The highest BCUT2D eigenvalue weighted by Crippen LogP contribution is 2.12. The molecule has 132 valence electrons. The maximum absolute atomic E-state index is 12.1. The topological polar surface area (TPSA) is 88.9 Å². The molecule has 0 radical (unpaired) electrons. The van der Waals surface area contributed by atoms with Crippen LogP contribution in [-0.2, 0) is 16.1 Å². The Labute approximate surface area is 151 Å². The first-order valence-corrected chi connectivity index (χ1v) is 8.20. The molecule has 7 nitrogen and oxygen atoms in total. The van der Waals surface area contributed by atoms with E-state index in [1.165, 1.54) is 6.20 Å². The second-order valence-electron chi connectivity index (χ2n) is 5.85. The van der Waals surface area contributed by atoms with Gasteiger partial charge in [-0.05, 0) is 24.6 Å². The smallest absolute Gasteiger partial charge is 0.313 e. The Hall–Kier alpha value is -3.48. The van der Waals surface area contributed by atoms with Crippen molar-refractivity contribution in [2.45, 2.75) is 19.5 Å². The summed E-state index contributed by atoms with van der Waals surface area (Å²) in [5.41, 5.74) is 2.43. The zero-order valence-corrected chi connectivity index (χ0v) is 14.3. The van der Waals surface area contributed by atoms with Crippen LogP contribution in [0.1, 0.15) is 24.1 Å². The van der Waals surface area contributed by atoms with E-state index >= 15 is 0 Å². The fourth-order valence-corrected chi connectivity index (χ4v) is 2.43. The van der Waals surface area contributed by atoms with Crippen molar-refractivity contribution in [2.75, 3.05) is 5.32 Å². The summed E-state index contributed by atoms with van der Waals surface area (Å²) in [6.45, 7) is 2.45. The van der Waals surface area contributed by atoms with Gasteiger partial charge in [-0.3, -0.25) is 19.3 Å². The first kappa shape index (κ1) is 17.3. The number of anilines is 1. The summed E-state index contributed by atoms with van der Waals surface area (Å²) in [6.07, 6.45) is 6.61. The van der Waals surface area contributed by atoms with Crippen LogP contribution in [0.15, 0.2) is 67.3 Å². The predicted molar refractivity (Wildman–Crippen MR) is 97.2 cm³/mol. The fourth-order valence-electron chi connectivity index (χ4n) is 2.43. The van der Waals surface area contributed by atoms with Gasteiger partial charge in [0.25, 0.3) is 0 Å². The number of hydrogen-bond donors (Lipinski definition) is 2. The van der Waals surface area contributed by atoms with Crippen molar-refractivity contribution in [2.24, 2.45) is 0 Å². The van der Waals surface area contributed by atoms with Crippen LogP contribution in [0.5, 0.6) is 0 Å². The summed E-state index contributed by atoms with van der Waals surface area (Å²) < 4.78 is 1.79. The van der Waals surface area contributed by atoms with Gasteiger partial charge in [0.2, 0.25) is 0 Å². The molecule has 0 unspecified atom stereocenters. The highest BCUT2D eigenvalue weighted by Gasteiger charge is 2.18. The highest BCUT2D eigenvalue weighted by molar-refractivity contribution is 6.39. The van der Waals surface area contributed by atoms with Gasteiger partial charge in [-0.1, -0.05) is 30.3 Å². The molecule has 0 spiro atoms. The average molecular weight is 349 g/mol. The third-order valence-electron chi connectivity index (χ3n) is 3.81. The molecule has 2 amide bonds. The van der Waals surface area contributed by atoms with Crippen LogP contribution in [0.4, 0.5) is 5.69 Å². The number of rotatable bonds is 5. The summed E-state index contributed by atoms with van der Waals surface area (Å²) in [4.78, 5) is 27.9. The summed E-state index contributed by atoms with van der Waals surface area (Å²) >= 11 is 0. The lowest BCUT2D eigenvalue weighted by atomic mass is 10.2. The minimum Gasteiger partial charge on any atom is -0.341 e. The van der Waals surface area contributed by atoms with Crippen molar-refractivity contribution >= 4 is 17.5 Å². The monoisotopic (exact) mass is 349 g/mol. The van der Waals surface area contributed by atoms with Gasteiger partial charge < -0.3 is 10.6 Å². The SMILES string of the molecule is C[C@@H](NC(=O)C(=O)Nc1cccnc1)c1cnn(Cc2ccccc2)c1. The summed E-state index contributed by atoms with van der Waals surface area (Å²) in [6, 6.07) is 13.0. The van der Waals surface area contributed by atoms with Crippen molar-refractivity contribution in [3.05, 3.63) is 78.4 Å². The molecule has 3 rings (SSSR count). The van der Waals surface area contributed by atoms with E-state index in [1.54, 1.807) is 36.1 Å². The maximum Gasteiger partial charge on any atom is 0.313 e. The minimum atomic E-state index is -0.735. The number of carbonyl (C=O) groups excluding carboxylic acids is 2. The highest BCUT2D eigenvalue weighted by atomic mass is 16.2. The quantitative estimate of drug-likeness (QED) is 0.691. The molecule has 0 bridgehead atoms. The predicted octanol–water partition coefficient (Wildman–Crippen LogP) is 2.14. The number of hydrogen-bond acceptors (Lipinski definition) is 4. The second kappa shape index (κ2) is 8.06. The standard InChI is InChI=1S/C19H19N5O2/c1-14(22-18(25)19(26)23-17-8-5-9-20-11-17)16-10-21-24(13-16)12-15-6-3-2-4-7-15/h2-11,13-14H,12H2,1H3,(H,22,25)(H,23,26)/t14-/m1/s1. The number of nitrogens with zero attached hydrogens (tertiary/aromatic N) is 3. The molecule has 0 aliphatic rings. The van der Waals surface area contributed by atoms with Gasteiger partial charge in [0.1, 0.15) is 0 Å². The van der Waals surface area contributed by atoms with E-state index in [2.05, 4.69) is 20.7 Å². The Morgan fingerprint density at radius 3 is 2.62 bits per heavy atom. The van der Waals surface area contributed by atoms with Crippen molar-refractivity contribution < 1.29 is 9.59 Å². The Morgan fingerprint density at radius 1 is 1.08 bits per heavy atom. The van der Waals surface area contributed by atoms with Gasteiger partial charge in [0.15, 0.2) is 0 Å². The zero-order chi connectivity index (χ0) is 18.4.